The number of carbonyl (C=O) groups is 1. The van der Waals surface area contributed by atoms with E-state index in [9.17, 15) is 20.2 Å². The second-order valence-corrected chi connectivity index (χ2v) is 7.24. The second-order valence-electron chi connectivity index (χ2n) is 6.84. The molecule has 0 aliphatic carbocycles. The van der Waals surface area contributed by atoms with Crippen molar-refractivity contribution < 1.29 is 14.5 Å². The van der Waals surface area contributed by atoms with Gasteiger partial charge in [0, 0.05) is 12.1 Å². The van der Waals surface area contributed by atoms with Crippen molar-refractivity contribution in [2.75, 3.05) is 5.32 Å². The summed E-state index contributed by atoms with van der Waals surface area (Å²) in [6.45, 7) is 2.06. The monoisotopic (exact) mass is 447 g/mol. The van der Waals surface area contributed by atoms with E-state index in [2.05, 4.69) is 5.32 Å². The van der Waals surface area contributed by atoms with Crippen LogP contribution in [0.2, 0.25) is 5.02 Å². The smallest absolute Gasteiger partial charge is 0.269 e. The third kappa shape index (κ3) is 5.72. The summed E-state index contributed by atoms with van der Waals surface area (Å²) >= 11 is 6.13. The summed E-state index contributed by atoms with van der Waals surface area (Å²) in [7, 11) is 0. The highest BCUT2D eigenvalue weighted by Gasteiger charge is 2.13. The highest BCUT2D eigenvalue weighted by molar-refractivity contribution is 6.34. The van der Waals surface area contributed by atoms with Crippen LogP contribution < -0.4 is 10.1 Å². The quantitative estimate of drug-likeness (QED) is 0.217. The fourth-order valence-electron chi connectivity index (χ4n) is 2.83. The highest BCUT2D eigenvalue weighted by atomic mass is 35.5. The average Bonchev–Trinajstić information content (AvgIpc) is 2.79. The lowest BCUT2D eigenvalue weighted by Gasteiger charge is -2.10. The number of anilines is 1. The summed E-state index contributed by atoms with van der Waals surface area (Å²) in [4.78, 5) is 22.8. The topological polar surface area (TPSA) is 105 Å². The molecule has 3 rings (SSSR count). The third-order valence-electron chi connectivity index (χ3n) is 4.57. The van der Waals surface area contributed by atoms with Crippen molar-refractivity contribution in [1.82, 2.24) is 0 Å². The summed E-state index contributed by atoms with van der Waals surface area (Å²) in [5.41, 5.74) is 2.65. The molecule has 0 aliphatic heterocycles. The number of halogens is 1. The SMILES string of the molecule is Cc1cccc(Cl)c1NC(=O)/C(C#N)=C/c1ccc(OCc2ccc([N+](=O)[O-])cc2)cc1. The number of nitro benzene ring substituents is 1. The van der Waals surface area contributed by atoms with Gasteiger partial charge in [0.1, 0.15) is 24.0 Å². The molecule has 0 atom stereocenters. The van der Waals surface area contributed by atoms with Crippen LogP contribution in [0.1, 0.15) is 16.7 Å². The van der Waals surface area contributed by atoms with Gasteiger partial charge in [0.2, 0.25) is 0 Å². The first kappa shape index (κ1) is 22.5. The van der Waals surface area contributed by atoms with E-state index >= 15 is 0 Å². The van der Waals surface area contributed by atoms with Crippen LogP contribution in [0.4, 0.5) is 11.4 Å². The largest absolute Gasteiger partial charge is 0.489 e. The molecule has 0 heterocycles. The number of amides is 1. The minimum absolute atomic E-state index is 0.0203. The molecular weight excluding hydrogens is 430 g/mol. The van der Waals surface area contributed by atoms with Crippen molar-refractivity contribution in [3.05, 3.63) is 104 Å². The zero-order valence-electron chi connectivity index (χ0n) is 17.0. The van der Waals surface area contributed by atoms with Crippen molar-refractivity contribution in [2.45, 2.75) is 13.5 Å². The van der Waals surface area contributed by atoms with Crippen molar-refractivity contribution >= 4 is 35.0 Å². The van der Waals surface area contributed by atoms with Crippen LogP contribution in [0.5, 0.6) is 5.75 Å². The lowest BCUT2D eigenvalue weighted by atomic mass is 10.1. The van der Waals surface area contributed by atoms with Crippen LogP contribution in [-0.2, 0) is 11.4 Å². The Morgan fingerprint density at radius 1 is 1.16 bits per heavy atom. The van der Waals surface area contributed by atoms with Gasteiger partial charge < -0.3 is 10.1 Å². The van der Waals surface area contributed by atoms with Gasteiger partial charge in [-0.1, -0.05) is 35.9 Å². The number of nitro groups is 1. The van der Waals surface area contributed by atoms with E-state index in [0.29, 0.717) is 22.0 Å². The van der Waals surface area contributed by atoms with Gasteiger partial charge in [-0.3, -0.25) is 14.9 Å². The maximum atomic E-state index is 12.5. The molecule has 8 heteroatoms. The molecule has 32 heavy (non-hydrogen) atoms. The molecule has 160 valence electrons. The molecular formula is C24H18ClN3O4. The Morgan fingerprint density at radius 2 is 1.84 bits per heavy atom. The number of non-ortho nitro benzene ring substituents is 1. The third-order valence-corrected chi connectivity index (χ3v) is 4.88. The number of aryl methyl sites for hydroxylation is 1. The van der Waals surface area contributed by atoms with Gasteiger partial charge in [0.25, 0.3) is 11.6 Å². The van der Waals surface area contributed by atoms with Crippen LogP contribution in [0.3, 0.4) is 0 Å². The van der Waals surface area contributed by atoms with Crippen molar-refractivity contribution in [3.63, 3.8) is 0 Å². The summed E-state index contributed by atoms with van der Waals surface area (Å²) in [5, 5.41) is 23.2. The van der Waals surface area contributed by atoms with E-state index in [0.717, 1.165) is 11.1 Å². The minimum Gasteiger partial charge on any atom is -0.489 e. The van der Waals surface area contributed by atoms with E-state index < -0.39 is 10.8 Å². The van der Waals surface area contributed by atoms with Crippen molar-refractivity contribution in [1.29, 1.82) is 5.26 Å². The normalized spacial score (nSPS) is 10.8. The van der Waals surface area contributed by atoms with Crippen LogP contribution in [-0.4, -0.2) is 10.8 Å². The first-order chi connectivity index (χ1) is 15.4. The lowest BCUT2D eigenvalue weighted by Crippen LogP contribution is -2.14. The van der Waals surface area contributed by atoms with Crippen LogP contribution >= 0.6 is 11.6 Å². The lowest BCUT2D eigenvalue weighted by molar-refractivity contribution is -0.384. The average molecular weight is 448 g/mol. The van der Waals surface area contributed by atoms with Crippen molar-refractivity contribution in [3.8, 4) is 11.8 Å². The van der Waals surface area contributed by atoms with E-state index in [4.69, 9.17) is 16.3 Å². The van der Waals surface area contributed by atoms with E-state index in [1.807, 2.05) is 19.1 Å². The molecule has 0 saturated carbocycles. The van der Waals surface area contributed by atoms with Gasteiger partial charge in [-0.25, -0.2) is 0 Å². The summed E-state index contributed by atoms with van der Waals surface area (Å²) < 4.78 is 5.68. The predicted octanol–water partition coefficient (Wildman–Crippen LogP) is 5.68. The Hall–Kier alpha value is -4.15. The van der Waals surface area contributed by atoms with Gasteiger partial charge in [0.05, 0.1) is 15.6 Å². The molecule has 7 nitrogen and oxygen atoms in total. The fraction of sp³-hybridized carbons (Fsp3) is 0.0833. The number of hydrogen-bond donors (Lipinski definition) is 1. The zero-order valence-corrected chi connectivity index (χ0v) is 17.8. The van der Waals surface area contributed by atoms with Gasteiger partial charge in [-0.05, 0) is 60.0 Å². The summed E-state index contributed by atoms with van der Waals surface area (Å²) in [6, 6.07) is 20.1. The molecule has 0 aromatic heterocycles. The Bertz CT molecular complexity index is 1190. The fourth-order valence-corrected chi connectivity index (χ4v) is 3.10. The Kier molecular flexibility index (Phi) is 7.21. The number of para-hydroxylation sites is 1. The maximum absolute atomic E-state index is 12.5. The zero-order chi connectivity index (χ0) is 23.1. The van der Waals surface area contributed by atoms with Crippen LogP contribution in [0, 0.1) is 28.4 Å². The van der Waals surface area contributed by atoms with E-state index in [1.165, 1.54) is 18.2 Å². The molecule has 0 fully saturated rings. The number of nitriles is 1. The first-order valence-electron chi connectivity index (χ1n) is 9.52. The van der Waals surface area contributed by atoms with Crippen LogP contribution in [0.15, 0.2) is 72.3 Å². The highest BCUT2D eigenvalue weighted by Crippen LogP contribution is 2.26. The van der Waals surface area contributed by atoms with Gasteiger partial charge in [-0.15, -0.1) is 0 Å². The van der Waals surface area contributed by atoms with Crippen LogP contribution in [0.25, 0.3) is 6.08 Å². The first-order valence-corrected chi connectivity index (χ1v) is 9.89. The standard InChI is InChI=1S/C24H18ClN3O4/c1-16-3-2-4-22(25)23(16)27-24(29)19(14-26)13-17-7-11-21(12-8-17)32-15-18-5-9-20(10-6-18)28(30)31/h2-13H,15H2,1H3,(H,27,29)/b19-13+. The van der Waals surface area contributed by atoms with E-state index in [1.54, 1.807) is 48.5 Å². The number of rotatable bonds is 7. The number of carbonyl (C=O) groups excluding carboxylic acids is 1. The summed E-state index contributed by atoms with van der Waals surface area (Å²) in [5.74, 6) is 0.0253. The summed E-state index contributed by atoms with van der Waals surface area (Å²) in [6.07, 6.45) is 1.47. The Labute approximate surface area is 189 Å². The number of nitrogens with zero attached hydrogens (tertiary/aromatic N) is 2. The number of ether oxygens (including phenoxy) is 1. The molecule has 1 amide bonds. The van der Waals surface area contributed by atoms with Gasteiger partial charge in [0.15, 0.2) is 0 Å². The molecule has 0 radical (unpaired) electrons. The van der Waals surface area contributed by atoms with Gasteiger partial charge >= 0.3 is 0 Å². The molecule has 0 aliphatic rings. The second kappa shape index (κ2) is 10.2. The molecule has 0 unspecified atom stereocenters. The Balaban J connectivity index is 1.65. The van der Waals surface area contributed by atoms with Crippen molar-refractivity contribution in [2.24, 2.45) is 0 Å². The molecule has 0 spiro atoms. The molecule has 3 aromatic rings. The maximum Gasteiger partial charge on any atom is 0.269 e. The number of nitrogens with one attached hydrogen (secondary N) is 1. The molecule has 1 N–H and O–H groups in total. The minimum atomic E-state index is -0.554. The molecule has 3 aromatic carbocycles. The van der Waals surface area contributed by atoms with Gasteiger partial charge in [-0.2, -0.15) is 5.26 Å². The number of benzene rings is 3. The molecule has 0 saturated heterocycles. The Morgan fingerprint density at radius 3 is 2.44 bits per heavy atom. The molecule has 0 bridgehead atoms. The predicted molar refractivity (Wildman–Crippen MR) is 122 cm³/mol. The van der Waals surface area contributed by atoms with E-state index in [-0.39, 0.29) is 17.9 Å². The number of hydrogen-bond acceptors (Lipinski definition) is 5.